The summed E-state index contributed by atoms with van der Waals surface area (Å²) in [4.78, 5) is 49.4. The molecule has 214 valence electrons. The third kappa shape index (κ3) is 7.91. The minimum absolute atomic E-state index is 0.0674. The minimum atomic E-state index is -0.742. The van der Waals surface area contributed by atoms with E-state index in [1.807, 2.05) is 48.5 Å². The number of benzene rings is 2. The number of hydrogen-bond donors (Lipinski definition) is 2. The van der Waals surface area contributed by atoms with Crippen molar-refractivity contribution in [2.75, 3.05) is 24.2 Å². The summed E-state index contributed by atoms with van der Waals surface area (Å²) in [5.74, 6) is -0.178. The summed E-state index contributed by atoms with van der Waals surface area (Å²) in [7, 11) is 1.73. The molecule has 0 unspecified atom stereocenters. The summed E-state index contributed by atoms with van der Waals surface area (Å²) in [5, 5.41) is 5.95. The smallest absolute Gasteiger partial charge is 0.412 e. The molecule has 41 heavy (non-hydrogen) atoms. The van der Waals surface area contributed by atoms with Gasteiger partial charge in [0.2, 0.25) is 5.91 Å². The van der Waals surface area contributed by atoms with Gasteiger partial charge in [-0.3, -0.25) is 15.1 Å². The van der Waals surface area contributed by atoms with Crippen molar-refractivity contribution < 1.29 is 18.7 Å². The lowest BCUT2D eigenvalue weighted by atomic mass is 10.0. The van der Waals surface area contributed by atoms with E-state index in [1.54, 1.807) is 58.0 Å². The first-order valence-electron chi connectivity index (χ1n) is 13.4. The molecule has 0 aliphatic carbocycles. The van der Waals surface area contributed by atoms with Crippen LogP contribution in [0.15, 0.2) is 76.1 Å². The van der Waals surface area contributed by atoms with Gasteiger partial charge < -0.3 is 19.4 Å². The van der Waals surface area contributed by atoms with E-state index in [9.17, 15) is 14.4 Å². The van der Waals surface area contributed by atoms with Gasteiger partial charge in [0.15, 0.2) is 0 Å². The summed E-state index contributed by atoms with van der Waals surface area (Å²) in [6, 6.07) is 17.7. The third-order valence-corrected chi connectivity index (χ3v) is 6.38. The van der Waals surface area contributed by atoms with Gasteiger partial charge in [-0.1, -0.05) is 36.4 Å². The number of anilines is 2. The van der Waals surface area contributed by atoms with Crippen LogP contribution >= 0.6 is 0 Å². The van der Waals surface area contributed by atoms with Gasteiger partial charge in [0.25, 0.3) is 6.01 Å². The summed E-state index contributed by atoms with van der Waals surface area (Å²) in [6.45, 7) is 7.45. The Kier molecular flexibility index (Phi) is 9.01. The molecule has 4 rings (SSSR count). The van der Waals surface area contributed by atoms with Crippen LogP contribution in [-0.2, 0) is 22.4 Å². The molecule has 0 aliphatic heterocycles. The van der Waals surface area contributed by atoms with Crippen LogP contribution in [0.3, 0.4) is 0 Å². The highest BCUT2D eigenvalue weighted by atomic mass is 16.6. The zero-order chi connectivity index (χ0) is 29.6. The Morgan fingerprint density at radius 3 is 2.46 bits per heavy atom. The van der Waals surface area contributed by atoms with Crippen LogP contribution in [0.1, 0.15) is 37.6 Å². The highest BCUT2D eigenvalue weighted by molar-refractivity contribution is 5.93. The van der Waals surface area contributed by atoms with E-state index in [-0.39, 0.29) is 17.3 Å². The first-order valence-corrected chi connectivity index (χ1v) is 13.4. The lowest BCUT2D eigenvalue weighted by Gasteiger charge is -2.24. The second kappa shape index (κ2) is 12.6. The number of ether oxygens (including phenoxy) is 1. The second-order valence-electron chi connectivity index (χ2n) is 10.8. The molecule has 0 saturated heterocycles. The van der Waals surface area contributed by atoms with Gasteiger partial charge in [-0.25, -0.2) is 9.59 Å². The van der Waals surface area contributed by atoms with E-state index in [0.29, 0.717) is 36.2 Å². The Labute approximate surface area is 238 Å². The lowest BCUT2D eigenvalue weighted by molar-refractivity contribution is -0.130. The maximum absolute atomic E-state index is 13.6. The van der Waals surface area contributed by atoms with Gasteiger partial charge in [-0.05, 0) is 63.1 Å². The molecule has 2 aromatic heterocycles. The predicted molar refractivity (Wildman–Crippen MR) is 158 cm³/mol. The molecule has 1 atom stereocenters. The Morgan fingerprint density at radius 1 is 1.05 bits per heavy atom. The summed E-state index contributed by atoms with van der Waals surface area (Å²) < 4.78 is 10.9. The molecular formula is C31H35N5O5. The van der Waals surface area contributed by atoms with E-state index < -0.39 is 23.4 Å². The Morgan fingerprint density at radius 2 is 1.78 bits per heavy atom. The third-order valence-electron chi connectivity index (χ3n) is 6.38. The molecule has 0 saturated carbocycles. The van der Waals surface area contributed by atoms with Crippen LogP contribution in [0.4, 0.5) is 16.5 Å². The molecule has 2 N–H and O–H groups in total. The van der Waals surface area contributed by atoms with E-state index >= 15 is 0 Å². The molecule has 0 spiro atoms. The van der Waals surface area contributed by atoms with Crippen LogP contribution < -0.4 is 16.3 Å². The van der Waals surface area contributed by atoms with E-state index in [1.165, 1.54) is 0 Å². The lowest BCUT2D eigenvalue weighted by Crippen LogP contribution is -2.43. The Balaban J connectivity index is 1.57. The van der Waals surface area contributed by atoms with Crippen LogP contribution in [0.2, 0.25) is 0 Å². The number of aryl methyl sites for hydroxylation is 1. The number of amides is 2. The normalized spacial score (nSPS) is 12.0. The molecule has 10 nitrogen and oxygen atoms in total. The van der Waals surface area contributed by atoms with Crippen LogP contribution in [-0.4, -0.2) is 52.1 Å². The molecule has 0 bridgehead atoms. The maximum atomic E-state index is 13.6. The van der Waals surface area contributed by atoms with Crippen molar-refractivity contribution in [3.05, 3.63) is 94.1 Å². The van der Waals surface area contributed by atoms with Gasteiger partial charge in [0.1, 0.15) is 11.6 Å². The van der Waals surface area contributed by atoms with Crippen molar-refractivity contribution in [3.63, 3.8) is 0 Å². The number of hydrogen-bond acceptors (Lipinski definition) is 8. The van der Waals surface area contributed by atoms with Crippen molar-refractivity contribution in [2.24, 2.45) is 0 Å². The zero-order valence-electron chi connectivity index (χ0n) is 23.9. The number of rotatable bonds is 9. The van der Waals surface area contributed by atoms with Crippen LogP contribution in [0, 0.1) is 6.92 Å². The summed E-state index contributed by atoms with van der Waals surface area (Å²) in [5.41, 5.74) is 1.78. The highest BCUT2D eigenvalue weighted by Gasteiger charge is 2.25. The number of nitrogens with one attached hydrogen (secondary N) is 2. The van der Waals surface area contributed by atoms with Crippen LogP contribution in [0.25, 0.3) is 10.9 Å². The maximum Gasteiger partial charge on any atom is 0.412 e. The van der Waals surface area contributed by atoms with Gasteiger partial charge in [0, 0.05) is 44.0 Å². The summed E-state index contributed by atoms with van der Waals surface area (Å²) >= 11 is 0. The minimum Gasteiger partial charge on any atom is -0.444 e. The Bertz CT molecular complexity index is 1570. The molecule has 10 heteroatoms. The van der Waals surface area contributed by atoms with Gasteiger partial charge in [-0.15, -0.1) is 0 Å². The van der Waals surface area contributed by atoms with Gasteiger partial charge >= 0.3 is 11.7 Å². The fourth-order valence-corrected chi connectivity index (χ4v) is 4.33. The molecule has 0 radical (unpaired) electrons. The van der Waals surface area contributed by atoms with Crippen molar-refractivity contribution in [2.45, 2.75) is 52.2 Å². The fraction of sp³-hybridized carbons (Fsp3) is 0.323. The number of carbonyl (C=O) groups is 2. The molecular weight excluding hydrogens is 522 g/mol. The topological polar surface area (TPSA) is 127 Å². The largest absolute Gasteiger partial charge is 0.444 e. The van der Waals surface area contributed by atoms with Crippen molar-refractivity contribution in [1.82, 2.24) is 14.9 Å². The number of aromatic nitrogens is 2. The summed E-state index contributed by atoms with van der Waals surface area (Å²) in [6.07, 6.45) is 2.05. The van der Waals surface area contributed by atoms with Gasteiger partial charge in [-0.2, -0.15) is 4.98 Å². The first-order chi connectivity index (χ1) is 19.5. The van der Waals surface area contributed by atoms with Gasteiger partial charge in [0.05, 0.1) is 10.9 Å². The number of carbonyl (C=O) groups excluding carboxylic acids is 2. The van der Waals surface area contributed by atoms with E-state index in [0.717, 1.165) is 11.3 Å². The molecule has 2 heterocycles. The van der Waals surface area contributed by atoms with E-state index in [4.69, 9.17) is 9.15 Å². The number of pyridine rings is 1. The molecule has 0 fully saturated rings. The average molecular weight is 558 g/mol. The first kappa shape index (κ1) is 29.3. The number of nitrogens with zero attached hydrogens (tertiary/aromatic N) is 3. The average Bonchev–Trinajstić information content (AvgIpc) is 2.92. The highest BCUT2D eigenvalue weighted by Crippen LogP contribution is 2.24. The monoisotopic (exact) mass is 557 g/mol. The number of fused-ring (bicyclic) bond motifs is 1. The standard InChI is InChI=1S/C31H35N5O5/c1-20-23(35-30(39)41-31(2,3)4)14-15-24-26(20)28(38)40-29(33-24)34-25(19-21-11-7-6-8-12-21)27(37)36(5)18-16-22-13-9-10-17-32-22/h6-15,17,25H,16,18-19H2,1-5H3,(H,33,34)(H,35,39)/t25-/m0/s1. The molecule has 4 aromatic rings. The number of likely N-dealkylation sites (N-methyl/N-ethyl adjacent to an activating group) is 1. The van der Waals surface area contributed by atoms with E-state index in [2.05, 4.69) is 20.6 Å². The fourth-order valence-electron chi connectivity index (χ4n) is 4.33. The quantitative estimate of drug-likeness (QED) is 0.296. The molecule has 0 aliphatic rings. The Hall–Kier alpha value is -4.73. The van der Waals surface area contributed by atoms with Crippen molar-refractivity contribution in [3.8, 4) is 0 Å². The van der Waals surface area contributed by atoms with Crippen LogP contribution in [0.5, 0.6) is 0 Å². The molecule has 2 aromatic carbocycles. The second-order valence-corrected chi connectivity index (χ2v) is 10.8. The predicted octanol–water partition coefficient (Wildman–Crippen LogP) is 4.96. The van der Waals surface area contributed by atoms with Crippen molar-refractivity contribution >= 4 is 34.6 Å². The van der Waals surface area contributed by atoms with Crippen molar-refractivity contribution in [1.29, 1.82) is 0 Å². The molecule has 2 amide bonds. The zero-order valence-corrected chi connectivity index (χ0v) is 23.9. The SMILES string of the molecule is Cc1c(NC(=O)OC(C)(C)C)ccc2nc(N[C@@H](Cc3ccccc3)C(=O)N(C)CCc3ccccn3)oc(=O)c12.